The quantitative estimate of drug-likeness (QED) is 0.643. The predicted octanol–water partition coefficient (Wildman–Crippen LogP) is 2.01. The molecule has 0 spiro atoms. The summed E-state index contributed by atoms with van der Waals surface area (Å²) in [5.41, 5.74) is 8.08. The fraction of sp³-hybridized carbons (Fsp3) is 0.200. The zero-order chi connectivity index (χ0) is 14.5. The standard InChI is InChI=1S/C15H18N4O/c1-19(12-5-7-13(20-2)8-6-12)10-11-4-3-9-18-14(11)15(16)17/h3-9H,10H2,1-2H3,(H3,16,17). The topological polar surface area (TPSA) is 75.2 Å². The molecule has 1 heterocycles. The molecule has 5 heteroatoms. The first-order valence-corrected chi connectivity index (χ1v) is 6.25. The first kappa shape index (κ1) is 13.9. The van der Waals surface area contributed by atoms with Crippen molar-refractivity contribution in [3.05, 3.63) is 53.9 Å². The van der Waals surface area contributed by atoms with E-state index < -0.39 is 0 Å². The Labute approximate surface area is 118 Å². The van der Waals surface area contributed by atoms with Crippen LogP contribution in [-0.4, -0.2) is 25.0 Å². The van der Waals surface area contributed by atoms with Gasteiger partial charge in [-0.25, -0.2) is 0 Å². The van der Waals surface area contributed by atoms with E-state index in [9.17, 15) is 0 Å². The fourth-order valence-corrected chi connectivity index (χ4v) is 1.99. The molecule has 0 aliphatic rings. The number of methoxy groups -OCH3 is 1. The summed E-state index contributed by atoms with van der Waals surface area (Å²) in [5.74, 6) is 0.816. The van der Waals surface area contributed by atoms with Gasteiger partial charge in [-0.2, -0.15) is 0 Å². The molecule has 104 valence electrons. The van der Waals surface area contributed by atoms with Gasteiger partial charge in [0.05, 0.1) is 7.11 Å². The molecular formula is C15H18N4O. The van der Waals surface area contributed by atoms with Crippen molar-refractivity contribution in [2.24, 2.45) is 5.73 Å². The maximum Gasteiger partial charge on any atom is 0.142 e. The van der Waals surface area contributed by atoms with Gasteiger partial charge in [0.1, 0.15) is 17.3 Å². The highest BCUT2D eigenvalue weighted by atomic mass is 16.5. The van der Waals surface area contributed by atoms with Gasteiger partial charge in [0.15, 0.2) is 0 Å². The lowest BCUT2D eigenvalue weighted by molar-refractivity contribution is 0.415. The van der Waals surface area contributed by atoms with E-state index in [0.29, 0.717) is 12.2 Å². The lowest BCUT2D eigenvalue weighted by atomic mass is 10.1. The Bertz CT molecular complexity index is 595. The summed E-state index contributed by atoms with van der Waals surface area (Å²) in [6.45, 7) is 0.634. The van der Waals surface area contributed by atoms with Crippen molar-refractivity contribution < 1.29 is 4.74 Å². The van der Waals surface area contributed by atoms with Gasteiger partial charge in [0.25, 0.3) is 0 Å². The summed E-state index contributed by atoms with van der Waals surface area (Å²) in [4.78, 5) is 6.23. The molecule has 0 amide bonds. The Morgan fingerprint density at radius 3 is 2.60 bits per heavy atom. The number of amidine groups is 1. The van der Waals surface area contributed by atoms with Crippen LogP contribution >= 0.6 is 0 Å². The van der Waals surface area contributed by atoms with Crippen LogP contribution in [0.3, 0.4) is 0 Å². The average Bonchev–Trinajstić information content (AvgIpc) is 2.47. The average molecular weight is 270 g/mol. The first-order valence-electron chi connectivity index (χ1n) is 6.25. The number of nitrogens with zero attached hydrogens (tertiary/aromatic N) is 2. The molecule has 20 heavy (non-hydrogen) atoms. The van der Waals surface area contributed by atoms with Crippen molar-refractivity contribution in [3.8, 4) is 5.75 Å². The smallest absolute Gasteiger partial charge is 0.142 e. The third-order valence-corrected chi connectivity index (χ3v) is 3.07. The Morgan fingerprint density at radius 1 is 1.30 bits per heavy atom. The lowest BCUT2D eigenvalue weighted by Gasteiger charge is -2.20. The molecule has 5 nitrogen and oxygen atoms in total. The van der Waals surface area contributed by atoms with Crippen LogP contribution in [0.4, 0.5) is 5.69 Å². The molecular weight excluding hydrogens is 252 g/mol. The van der Waals surface area contributed by atoms with Crippen LogP contribution in [0.25, 0.3) is 0 Å². The predicted molar refractivity (Wildman–Crippen MR) is 80.4 cm³/mol. The highest BCUT2D eigenvalue weighted by Crippen LogP contribution is 2.20. The van der Waals surface area contributed by atoms with Gasteiger partial charge >= 0.3 is 0 Å². The number of nitrogens with two attached hydrogens (primary N) is 1. The van der Waals surface area contributed by atoms with Crippen molar-refractivity contribution in [2.75, 3.05) is 19.1 Å². The van der Waals surface area contributed by atoms with Crippen molar-refractivity contribution in [2.45, 2.75) is 6.54 Å². The van der Waals surface area contributed by atoms with Crippen LogP contribution in [-0.2, 0) is 6.54 Å². The number of hydrogen-bond acceptors (Lipinski definition) is 4. The van der Waals surface area contributed by atoms with Crippen LogP contribution in [0.15, 0.2) is 42.6 Å². The second-order valence-electron chi connectivity index (χ2n) is 4.48. The number of rotatable bonds is 5. The molecule has 0 aliphatic carbocycles. The second kappa shape index (κ2) is 6.06. The molecule has 0 aliphatic heterocycles. The Kier molecular flexibility index (Phi) is 4.20. The number of nitrogens with one attached hydrogen (secondary N) is 1. The molecule has 0 bridgehead atoms. The van der Waals surface area contributed by atoms with E-state index in [4.69, 9.17) is 15.9 Å². The van der Waals surface area contributed by atoms with Gasteiger partial charge in [-0.1, -0.05) is 6.07 Å². The number of hydrogen-bond donors (Lipinski definition) is 2. The molecule has 0 unspecified atom stereocenters. The highest BCUT2D eigenvalue weighted by molar-refractivity contribution is 5.94. The van der Waals surface area contributed by atoms with E-state index in [0.717, 1.165) is 17.0 Å². The van der Waals surface area contributed by atoms with Crippen molar-refractivity contribution in [1.82, 2.24) is 4.98 Å². The van der Waals surface area contributed by atoms with Crippen LogP contribution in [0.2, 0.25) is 0 Å². The summed E-state index contributed by atoms with van der Waals surface area (Å²) in [6.07, 6.45) is 1.65. The Morgan fingerprint density at radius 2 is 2.00 bits per heavy atom. The number of aromatic nitrogens is 1. The molecule has 0 saturated carbocycles. The van der Waals surface area contributed by atoms with E-state index in [-0.39, 0.29) is 5.84 Å². The number of pyridine rings is 1. The summed E-state index contributed by atoms with van der Waals surface area (Å²) in [7, 11) is 3.63. The molecule has 0 saturated heterocycles. The molecule has 1 aromatic heterocycles. The maximum absolute atomic E-state index is 7.56. The van der Waals surface area contributed by atoms with Crippen molar-refractivity contribution >= 4 is 11.5 Å². The lowest BCUT2D eigenvalue weighted by Crippen LogP contribution is -2.21. The Hall–Kier alpha value is -2.56. The molecule has 2 rings (SSSR count). The van der Waals surface area contributed by atoms with Crippen molar-refractivity contribution in [1.29, 1.82) is 5.41 Å². The third-order valence-electron chi connectivity index (χ3n) is 3.07. The third kappa shape index (κ3) is 3.06. The van der Waals surface area contributed by atoms with Gasteiger partial charge in [-0.15, -0.1) is 0 Å². The number of nitrogen functional groups attached to an aromatic ring is 1. The van der Waals surface area contributed by atoms with Gasteiger partial charge < -0.3 is 15.4 Å². The summed E-state index contributed by atoms with van der Waals surface area (Å²) >= 11 is 0. The first-order chi connectivity index (χ1) is 9.61. The zero-order valence-electron chi connectivity index (χ0n) is 11.6. The SMILES string of the molecule is COc1ccc(N(C)Cc2cccnc2C(=N)N)cc1. The molecule has 0 fully saturated rings. The maximum atomic E-state index is 7.56. The fourth-order valence-electron chi connectivity index (χ4n) is 1.99. The second-order valence-corrected chi connectivity index (χ2v) is 4.48. The van der Waals surface area contributed by atoms with Gasteiger partial charge in [0, 0.05) is 31.0 Å². The number of benzene rings is 1. The van der Waals surface area contributed by atoms with Gasteiger partial charge in [-0.3, -0.25) is 10.4 Å². The largest absolute Gasteiger partial charge is 0.497 e. The monoisotopic (exact) mass is 270 g/mol. The van der Waals surface area contributed by atoms with E-state index in [1.54, 1.807) is 13.3 Å². The minimum Gasteiger partial charge on any atom is -0.497 e. The molecule has 1 aromatic carbocycles. The van der Waals surface area contributed by atoms with Crippen LogP contribution < -0.4 is 15.4 Å². The van der Waals surface area contributed by atoms with Gasteiger partial charge in [0.2, 0.25) is 0 Å². The van der Waals surface area contributed by atoms with Gasteiger partial charge in [-0.05, 0) is 30.3 Å². The van der Waals surface area contributed by atoms with E-state index in [2.05, 4.69) is 9.88 Å². The molecule has 0 radical (unpaired) electrons. The summed E-state index contributed by atoms with van der Waals surface area (Å²) in [6, 6.07) is 11.6. The molecule has 3 N–H and O–H groups in total. The number of ether oxygens (including phenoxy) is 1. The molecule has 2 aromatic rings. The van der Waals surface area contributed by atoms with Crippen LogP contribution in [0.5, 0.6) is 5.75 Å². The minimum absolute atomic E-state index is 0.0104. The Balaban J connectivity index is 2.18. The van der Waals surface area contributed by atoms with Crippen LogP contribution in [0.1, 0.15) is 11.3 Å². The summed E-state index contributed by atoms with van der Waals surface area (Å²) in [5, 5.41) is 7.56. The van der Waals surface area contributed by atoms with E-state index >= 15 is 0 Å². The number of anilines is 1. The molecule has 0 atom stereocenters. The highest BCUT2D eigenvalue weighted by Gasteiger charge is 2.09. The zero-order valence-corrected chi connectivity index (χ0v) is 11.6. The minimum atomic E-state index is -0.0104. The van der Waals surface area contributed by atoms with E-state index in [1.165, 1.54) is 0 Å². The van der Waals surface area contributed by atoms with Crippen molar-refractivity contribution in [3.63, 3.8) is 0 Å². The van der Waals surface area contributed by atoms with E-state index in [1.807, 2.05) is 43.4 Å². The normalized spacial score (nSPS) is 10.1. The summed E-state index contributed by atoms with van der Waals surface area (Å²) < 4.78 is 5.14. The van der Waals surface area contributed by atoms with Crippen LogP contribution in [0, 0.1) is 5.41 Å².